The first kappa shape index (κ1) is 55.3. The van der Waals surface area contributed by atoms with Crippen LogP contribution in [0.3, 0.4) is 0 Å². The van der Waals surface area contributed by atoms with Gasteiger partial charge in [-0.1, -0.05) is 23.2 Å². The molecule has 24 heteroatoms. The van der Waals surface area contributed by atoms with Gasteiger partial charge < -0.3 is 40.1 Å². The third-order valence-corrected chi connectivity index (χ3v) is 16.1. The lowest BCUT2D eigenvalue weighted by molar-refractivity contribution is -0.137. The molecule has 416 valence electrons. The summed E-state index contributed by atoms with van der Waals surface area (Å²) in [6, 6.07) is 17.0. The quantitative estimate of drug-likeness (QED) is 0.0851. The number of carbonyl (C=O) groups excluding carboxylic acids is 5. The number of hydrogen-bond donors (Lipinski definition) is 3. The van der Waals surface area contributed by atoms with E-state index in [1.165, 1.54) is 69.2 Å². The SMILES string of the molecule is COC(=O)c1cc(NC(=O)N2[C@@H]3CC[C@H]2c2ccnc(F)c2C3)ccc1Cl.COC(=O)c1ccc(NC(=O)N2[C@@H]3CC[C@H]2c2ccnc(F)c2C3)cc1Cl.O=C(Nc1ccc(C(F)(F)F)cc1)N1[C@@H]2CC[C@H]1c1ccnc(F)c1C2. The molecular weight excluding hydrogens is 1100 g/mol. The summed E-state index contributed by atoms with van der Waals surface area (Å²) >= 11 is 12.1. The van der Waals surface area contributed by atoms with E-state index in [1.54, 1.807) is 45.0 Å². The second kappa shape index (κ2) is 22.6. The number of benzene rings is 3. The van der Waals surface area contributed by atoms with Crippen molar-refractivity contribution in [1.82, 2.24) is 29.7 Å². The first-order valence-corrected chi connectivity index (χ1v) is 26.2. The Labute approximate surface area is 463 Å². The van der Waals surface area contributed by atoms with Gasteiger partial charge in [0.15, 0.2) is 0 Å². The van der Waals surface area contributed by atoms with E-state index in [2.05, 4.69) is 35.6 Å². The summed E-state index contributed by atoms with van der Waals surface area (Å²) in [5.41, 5.74) is 5.01. The number of nitrogens with one attached hydrogen (secondary N) is 3. The fraction of sp³-hybridized carbons (Fsp3) is 0.321. The number of hydrogen-bond acceptors (Lipinski definition) is 10. The van der Waals surface area contributed by atoms with Crippen LogP contribution >= 0.6 is 23.2 Å². The Kier molecular flexibility index (Phi) is 15.7. The van der Waals surface area contributed by atoms with E-state index in [0.29, 0.717) is 47.3 Å². The molecule has 0 saturated carbocycles. The van der Waals surface area contributed by atoms with Crippen molar-refractivity contribution in [1.29, 1.82) is 0 Å². The number of rotatable bonds is 5. The average molecular weight is 1140 g/mol. The second-order valence-corrected chi connectivity index (χ2v) is 20.6. The first-order chi connectivity index (χ1) is 38.3. The summed E-state index contributed by atoms with van der Waals surface area (Å²) in [7, 11) is 2.54. The Morgan fingerprint density at radius 2 is 0.875 bits per heavy atom. The highest BCUT2D eigenvalue weighted by Gasteiger charge is 2.46. The number of fused-ring (bicyclic) bond motifs is 12. The molecule has 3 fully saturated rings. The Morgan fingerprint density at radius 3 is 1.27 bits per heavy atom. The highest BCUT2D eigenvalue weighted by Crippen LogP contribution is 2.47. The molecule has 3 aromatic carbocycles. The fourth-order valence-corrected chi connectivity index (χ4v) is 12.3. The van der Waals surface area contributed by atoms with Gasteiger partial charge in [0, 0.05) is 70.5 Å². The molecule has 0 unspecified atom stereocenters. The summed E-state index contributed by atoms with van der Waals surface area (Å²) < 4.78 is 89.2. The summed E-state index contributed by atoms with van der Waals surface area (Å²) in [6.45, 7) is 0. The smallest absolute Gasteiger partial charge is 0.416 e. The topological polar surface area (TPSA) is 188 Å². The van der Waals surface area contributed by atoms with Crippen molar-refractivity contribution in [2.24, 2.45) is 0 Å². The third kappa shape index (κ3) is 10.9. The van der Waals surface area contributed by atoms with Gasteiger partial charge in [-0.15, -0.1) is 0 Å². The predicted octanol–water partition coefficient (Wildman–Crippen LogP) is 12.4. The van der Waals surface area contributed by atoms with Crippen LogP contribution in [0.5, 0.6) is 0 Å². The number of urea groups is 3. The molecule has 16 nitrogen and oxygen atoms in total. The number of carbonyl (C=O) groups is 5. The molecule has 3 aromatic heterocycles. The standard InChI is InChI=1S/2C19H17ClFN3O3.C18H15F4N3O/c1-27-18(25)14-8-10(2-4-15(14)20)23-19(26)24-11-3-5-16(24)12-6-7-22-17(21)13(12)9-11;1-27-18(25)13-4-2-10(8-15(13)20)23-19(26)24-11-3-5-16(24)12-6-7-22-17(21)14(12)9-11;19-16-14-9-12-5-6-15(13(14)7-8-23-16)25(12)17(26)24-11-3-1-10(2-4-11)18(20,21)22/h2*2,4,6-8,11,16H,3,5,9H2,1H3,(H,23,26);1-4,7-8,12,15H,5-6,9H2,(H,24,26)/t2*11-,16+;12-,15+/m111/s1. The van der Waals surface area contributed by atoms with Gasteiger partial charge in [-0.05, 0) is 153 Å². The zero-order valence-corrected chi connectivity index (χ0v) is 44.1. The van der Waals surface area contributed by atoms with Crippen molar-refractivity contribution < 1.29 is 59.8 Å². The predicted molar refractivity (Wildman–Crippen MR) is 281 cm³/mol. The molecule has 0 spiro atoms. The Hall–Kier alpha value is -7.98. The molecule has 3 saturated heterocycles. The molecule has 6 aliphatic heterocycles. The molecule has 0 radical (unpaired) electrons. The minimum absolute atomic E-state index is 0.0639. The third-order valence-electron chi connectivity index (χ3n) is 15.4. The molecule has 6 aromatic rings. The van der Waals surface area contributed by atoms with E-state index < -0.39 is 41.5 Å². The minimum atomic E-state index is -4.42. The van der Waals surface area contributed by atoms with E-state index in [1.807, 2.05) is 0 Å². The van der Waals surface area contributed by atoms with Crippen LogP contribution in [-0.2, 0) is 34.9 Å². The van der Waals surface area contributed by atoms with E-state index in [9.17, 15) is 50.3 Å². The van der Waals surface area contributed by atoms with Gasteiger partial charge in [-0.3, -0.25) is 0 Å². The maximum Gasteiger partial charge on any atom is 0.416 e. The van der Waals surface area contributed by atoms with Crippen molar-refractivity contribution in [3.05, 3.63) is 175 Å². The van der Waals surface area contributed by atoms with E-state index >= 15 is 0 Å². The van der Waals surface area contributed by atoms with Crippen LogP contribution in [0.1, 0.15) is 116 Å². The van der Waals surface area contributed by atoms with E-state index in [4.69, 9.17) is 27.9 Å². The zero-order valence-electron chi connectivity index (χ0n) is 42.6. The van der Waals surface area contributed by atoms with Gasteiger partial charge in [0.25, 0.3) is 0 Å². The monoisotopic (exact) mass is 1140 g/mol. The van der Waals surface area contributed by atoms with Gasteiger partial charge in [0.2, 0.25) is 17.8 Å². The largest absolute Gasteiger partial charge is 0.465 e. The lowest BCUT2D eigenvalue weighted by Crippen LogP contribution is -2.44. The van der Waals surface area contributed by atoms with Crippen molar-refractivity contribution in [2.45, 2.75) is 100 Å². The van der Waals surface area contributed by atoms with Crippen molar-refractivity contribution in [2.75, 3.05) is 30.2 Å². The highest BCUT2D eigenvalue weighted by atomic mass is 35.5. The van der Waals surface area contributed by atoms with Crippen LogP contribution in [0.15, 0.2) is 97.5 Å². The normalized spacial score (nSPS) is 20.6. The fourth-order valence-electron chi connectivity index (χ4n) is 11.8. The molecule has 12 rings (SSSR count). The summed E-state index contributed by atoms with van der Waals surface area (Å²) in [5, 5.41) is 8.73. The maximum absolute atomic E-state index is 14.0. The Balaban J connectivity index is 0.000000135. The number of amides is 6. The molecule has 6 aliphatic rings. The minimum Gasteiger partial charge on any atom is -0.465 e. The molecule has 0 aliphatic carbocycles. The Morgan fingerprint density at radius 1 is 0.500 bits per heavy atom. The number of methoxy groups -OCH3 is 2. The lowest BCUT2D eigenvalue weighted by atomic mass is 9.95. The average Bonchev–Trinajstić information content (AvgIpc) is 4.09. The van der Waals surface area contributed by atoms with Crippen molar-refractivity contribution in [3.63, 3.8) is 0 Å². The van der Waals surface area contributed by atoms with Gasteiger partial charge in [-0.25, -0.2) is 38.9 Å². The van der Waals surface area contributed by atoms with E-state index in [0.717, 1.165) is 67.3 Å². The number of nitrogens with zero attached hydrogens (tertiary/aromatic N) is 6. The first-order valence-electron chi connectivity index (χ1n) is 25.4. The zero-order chi connectivity index (χ0) is 56.7. The van der Waals surface area contributed by atoms with Gasteiger partial charge in [-0.2, -0.15) is 26.3 Å². The number of ether oxygens (including phenoxy) is 2. The van der Waals surface area contributed by atoms with Gasteiger partial charge in [0.05, 0.1) is 59.1 Å². The summed E-state index contributed by atoms with van der Waals surface area (Å²) in [5.74, 6) is -2.52. The summed E-state index contributed by atoms with van der Waals surface area (Å²) in [6.07, 6.45) is 5.81. The maximum atomic E-state index is 14.0. The molecular formula is C56H49Cl2F6N9O7. The van der Waals surface area contributed by atoms with Crippen LogP contribution < -0.4 is 16.0 Å². The number of anilines is 3. The van der Waals surface area contributed by atoms with E-state index in [-0.39, 0.29) is 81.2 Å². The Bertz CT molecular complexity index is 3430. The molecule has 80 heavy (non-hydrogen) atoms. The molecule has 9 heterocycles. The number of pyridine rings is 3. The number of alkyl halides is 3. The number of aromatic nitrogens is 3. The highest BCUT2D eigenvalue weighted by molar-refractivity contribution is 6.34. The lowest BCUT2D eigenvalue weighted by Gasteiger charge is -2.36. The molecule has 3 N–H and O–H groups in total. The molecule has 6 atom stereocenters. The van der Waals surface area contributed by atoms with Crippen LogP contribution in [0.4, 0.5) is 57.8 Å². The van der Waals surface area contributed by atoms with Crippen molar-refractivity contribution >= 4 is 70.3 Å². The van der Waals surface area contributed by atoms with Crippen LogP contribution in [0.25, 0.3) is 0 Å². The van der Waals surface area contributed by atoms with Crippen LogP contribution in [-0.4, -0.2) is 92.0 Å². The molecule has 6 amide bonds. The number of halogens is 8. The van der Waals surface area contributed by atoms with Gasteiger partial charge >= 0.3 is 36.2 Å². The second-order valence-electron chi connectivity index (χ2n) is 19.8. The van der Waals surface area contributed by atoms with Crippen molar-refractivity contribution in [3.8, 4) is 0 Å². The summed E-state index contributed by atoms with van der Waals surface area (Å²) in [4.78, 5) is 78.2. The molecule has 6 bridgehead atoms. The van der Waals surface area contributed by atoms with Crippen LogP contribution in [0, 0.1) is 17.8 Å². The van der Waals surface area contributed by atoms with Gasteiger partial charge in [0.1, 0.15) is 0 Å². The van der Waals surface area contributed by atoms with Crippen LogP contribution in [0.2, 0.25) is 10.0 Å². The number of esters is 2.